The van der Waals surface area contributed by atoms with Crippen LogP contribution in [0.1, 0.15) is 57.2 Å². The third kappa shape index (κ3) is 2.08. The van der Waals surface area contributed by atoms with Crippen molar-refractivity contribution in [3.63, 3.8) is 0 Å². The van der Waals surface area contributed by atoms with Crippen molar-refractivity contribution in [2.45, 2.75) is 52.4 Å². The average molecular weight is 221 g/mol. The van der Waals surface area contributed by atoms with E-state index in [0.29, 0.717) is 17.7 Å². The molecule has 1 aromatic heterocycles. The molecule has 0 radical (unpaired) electrons. The van der Waals surface area contributed by atoms with Crippen LogP contribution in [0.5, 0.6) is 0 Å². The van der Waals surface area contributed by atoms with Gasteiger partial charge in [0.05, 0.1) is 0 Å². The molecule has 0 bridgehead atoms. The van der Waals surface area contributed by atoms with Crippen molar-refractivity contribution in [3.8, 4) is 0 Å². The number of anilines is 1. The summed E-state index contributed by atoms with van der Waals surface area (Å²) in [6.45, 7) is 6.80. The van der Waals surface area contributed by atoms with Gasteiger partial charge in [0.2, 0.25) is 0 Å². The summed E-state index contributed by atoms with van der Waals surface area (Å²) in [5.74, 6) is 2.77. The molecule has 0 spiro atoms. The maximum Gasteiger partial charge on any atom is 0.148 e. The molecule has 3 heteroatoms. The number of H-pyrrole nitrogens is 1. The maximum atomic E-state index is 5.96. The highest BCUT2D eigenvalue weighted by Crippen LogP contribution is 2.40. The monoisotopic (exact) mass is 221 g/mol. The van der Waals surface area contributed by atoms with E-state index in [1.54, 1.807) is 0 Å². The fraction of sp³-hybridized carbons (Fsp3) is 0.769. The molecule has 1 aliphatic carbocycles. The zero-order valence-corrected chi connectivity index (χ0v) is 10.6. The van der Waals surface area contributed by atoms with Crippen LogP contribution in [0.3, 0.4) is 0 Å². The van der Waals surface area contributed by atoms with Crippen LogP contribution >= 0.6 is 0 Å². The van der Waals surface area contributed by atoms with Gasteiger partial charge in [-0.3, -0.25) is 5.10 Å². The summed E-state index contributed by atoms with van der Waals surface area (Å²) in [6.07, 6.45) is 5.01. The molecule has 0 aromatic carbocycles. The van der Waals surface area contributed by atoms with E-state index < -0.39 is 0 Å². The first kappa shape index (κ1) is 11.5. The van der Waals surface area contributed by atoms with E-state index in [0.717, 1.165) is 12.3 Å². The van der Waals surface area contributed by atoms with Crippen molar-refractivity contribution in [2.24, 2.45) is 11.8 Å². The maximum absolute atomic E-state index is 5.96. The van der Waals surface area contributed by atoms with Gasteiger partial charge in [-0.05, 0) is 24.7 Å². The van der Waals surface area contributed by atoms with E-state index in [1.807, 2.05) is 0 Å². The fourth-order valence-electron chi connectivity index (χ4n) is 2.90. The number of nitrogen functional groups attached to an aromatic ring is 1. The van der Waals surface area contributed by atoms with Crippen LogP contribution < -0.4 is 5.73 Å². The number of aromatic amines is 1. The molecular weight excluding hydrogens is 198 g/mol. The molecule has 3 nitrogen and oxygen atoms in total. The second kappa shape index (κ2) is 4.48. The predicted molar refractivity (Wildman–Crippen MR) is 67.3 cm³/mol. The molecule has 16 heavy (non-hydrogen) atoms. The van der Waals surface area contributed by atoms with Gasteiger partial charge in [-0.15, -0.1) is 0 Å². The molecule has 2 unspecified atom stereocenters. The lowest BCUT2D eigenvalue weighted by molar-refractivity contribution is 0.514. The molecule has 0 aliphatic heterocycles. The van der Waals surface area contributed by atoms with Crippen LogP contribution in [0.4, 0.5) is 5.82 Å². The summed E-state index contributed by atoms with van der Waals surface area (Å²) < 4.78 is 0. The normalized spacial score (nSPS) is 25.5. The number of rotatable bonds is 3. The Bertz CT molecular complexity index is 354. The van der Waals surface area contributed by atoms with Crippen molar-refractivity contribution >= 4 is 5.82 Å². The SMILES string of the molecule is CC(C)Cc1c(N)n[nH]c1C1CCCC1C. The zero-order chi connectivity index (χ0) is 11.7. The minimum Gasteiger partial charge on any atom is -0.382 e. The highest BCUT2D eigenvalue weighted by molar-refractivity contribution is 5.44. The highest BCUT2D eigenvalue weighted by atomic mass is 15.2. The molecule has 1 aromatic rings. The molecular formula is C13H23N3. The summed E-state index contributed by atoms with van der Waals surface area (Å²) in [7, 11) is 0. The van der Waals surface area contributed by atoms with Gasteiger partial charge in [0, 0.05) is 17.2 Å². The Hall–Kier alpha value is -0.990. The Balaban J connectivity index is 2.26. The number of nitrogens with one attached hydrogen (secondary N) is 1. The van der Waals surface area contributed by atoms with Gasteiger partial charge in [-0.2, -0.15) is 5.10 Å². The van der Waals surface area contributed by atoms with Crippen molar-refractivity contribution < 1.29 is 0 Å². The fourth-order valence-corrected chi connectivity index (χ4v) is 2.90. The first-order valence-corrected chi connectivity index (χ1v) is 6.42. The summed E-state index contributed by atoms with van der Waals surface area (Å²) in [4.78, 5) is 0. The van der Waals surface area contributed by atoms with E-state index in [1.165, 1.54) is 30.5 Å². The van der Waals surface area contributed by atoms with Gasteiger partial charge < -0.3 is 5.73 Å². The van der Waals surface area contributed by atoms with Crippen LogP contribution in [0.2, 0.25) is 0 Å². The minimum absolute atomic E-state index is 0.635. The van der Waals surface area contributed by atoms with Gasteiger partial charge >= 0.3 is 0 Å². The Morgan fingerprint density at radius 3 is 2.75 bits per heavy atom. The third-order valence-corrected chi connectivity index (χ3v) is 3.78. The Morgan fingerprint density at radius 2 is 2.19 bits per heavy atom. The van der Waals surface area contributed by atoms with E-state index >= 15 is 0 Å². The van der Waals surface area contributed by atoms with Gasteiger partial charge in [0.1, 0.15) is 5.82 Å². The van der Waals surface area contributed by atoms with Crippen LogP contribution in [0.25, 0.3) is 0 Å². The Labute approximate surface area is 97.8 Å². The van der Waals surface area contributed by atoms with Crippen LogP contribution in [-0.4, -0.2) is 10.2 Å². The summed E-state index contributed by atoms with van der Waals surface area (Å²) >= 11 is 0. The van der Waals surface area contributed by atoms with E-state index in [9.17, 15) is 0 Å². The second-order valence-corrected chi connectivity index (χ2v) is 5.61. The van der Waals surface area contributed by atoms with Gasteiger partial charge in [0.15, 0.2) is 0 Å². The average Bonchev–Trinajstić information content (AvgIpc) is 2.75. The number of hydrogen-bond donors (Lipinski definition) is 2. The van der Waals surface area contributed by atoms with E-state index in [-0.39, 0.29) is 0 Å². The number of nitrogens with zero attached hydrogens (tertiary/aromatic N) is 1. The lowest BCUT2D eigenvalue weighted by Gasteiger charge is -2.16. The smallest absolute Gasteiger partial charge is 0.148 e. The minimum atomic E-state index is 0.635. The molecule has 2 atom stereocenters. The number of hydrogen-bond acceptors (Lipinski definition) is 2. The highest BCUT2D eigenvalue weighted by Gasteiger charge is 2.29. The molecule has 0 amide bonds. The first-order chi connectivity index (χ1) is 7.59. The molecule has 1 fully saturated rings. The van der Waals surface area contributed by atoms with Crippen molar-refractivity contribution in [2.75, 3.05) is 5.73 Å². The van der Waals surface area contributed by atoms with Crippen molar-refractivity contribution in [3.05, 3.63) is 11.3 Å². The van der Waals surface area contributed by atoms with E-state index in [2.05, 4.69) is 31.0 Å². The van der Waals surface area contributed by atoms with Crippen LogP contribution in [0, 0.1) is 11.8 Å². The van der Waals surface area contributed by atoms with Crippen molar-refractivity contribution in [1.82, 2.24) is 10.2 Å². The number of aromatic nitrogens is 2. The molecule has 1 heterocycles. The van der Waals surface area contributed by atoms with Gasteiger partial charge in [-0.1, -0.05) is 33.6 Å². The quantitative estimate of drug-likeness (QED) is 0.824. The lowest BCUT2D eigenvalue weighted by Crippen LogP contribution is -2.08. The molecule has 90 valence electrons. The Kier molecular flexibility index (Phi) is 3.22. The molecule has 1 aliphatic rings. The zero-order valence-electron chi connectivity index (χ0n) is 10.6. The molecule has 1 saturated carbocycles. The molecule has 2 rings (SSSR count). The largest absolute Gasteiger partial charge is 0.382 e. The van der Waals surface area contributed by atoms with Crippen molar-refractivity contribution in [1.29, 1.82) is 0 Å². The summed E-state index contributed by atoms with van der Waals surface area (Å²) in [5.41, 5.74) is 8.55. The van der Waals surface area contributed by atoms with Crippen LogP contribution in [0.15, 0.2) is 0 Å². The molecule has 0 saturated heterocycles. The van der Waals surface area contributed by atoms with Crippen LogP contribution in [-0.2, 0) is 6.42 Å². The van der Waals surface area contributed by atoms with Gasteiger partial charge in [0.25, 0.3) is 0 Å². The summed E-state index contributed by atoms with van der Waals surface area (Å²) in [5, 5.41) is 7.38. The predicted octanol–water partition coefficient (Wildman–Crippen LogP) is 3.09. The topological polar surface area (TPSA) is 54.7 Å². The Morgan fingerprint density at radius 1 is 1.44 bits per heavy atom. The van der Waals surface area contributed by atoms with E-state index in [4.69, 9.17) is 5.73 Å². The molecule has 3 N–H and O–H groups in total. The lowest BCUT2D eigenvalue weighted by atomic mass is 9.89. The third-order valence-electron chi connectivity index (χ3n) is 3.78. The van der Waals surface area contributed by atoms with Gasteiger partial charge in [-0.25, -0.2) is 0 Å². The standard InChI is InChI=1S/C13H23N3/c1-8(2)7-11-12(15-16-13(11)14)10-6-4-5-9(10)3/h8-10H,4-7H2,1-3H3,(H3,14,15,16). The summed E-state index contributed by atoms with van der Waals surface area (Å²) in [6, 6.07) is 0. The second-order valence-electron chi connectivity index (χ2n) is 5.61. The first-order valence-electron chi connectivity index (χ1n) is 6.42. The number of nitrogens with two attached hydrogens (primary N) is 1.